The molecule has 0 aromatic heterocycles. The fourth-order valence-electron chi connectivity index (χ4n) is 4.10. The van der Waals surface area contributed by atoms with Crippen LogP contribution in [0, 0.1) is 0 Å². The topological polar surface area (TPSA) is 84.9 Å². The Morgan fingerprint density at radius 1 is 0.921 bits per heavy atom. The zero-order chi connectivity index (χ0) is 26.5. The molecule has 8 heteroatoms. The molecular weight excluding hydrogens is 500 g/mol. The molecule has 0 aliphatic carbocycles. The van der Waals surface area contributed by atoms with E-state index in [4.69, 9.17) is 9.47 Å². The highest BCUT2D eigenvalue weighted by Gasteiger charge is 2.36. The fraction of sp³-hybridized carbons (Fsp3) is 0.100. The maximum Gasteiger partial charge on any atom is 0.294 e. The number of ether oxygens (including phenoxy) is 2. The first-order valence-corrected chi connectivity index (χ1v) is 12.7. The minimum absolute atomic E-state index is 0.230. The lowest BCUT2D eigenvalue weighted by Gasteiger charge is -2.13. The molecule has 5 rings (SSSR count). The molecule has 0 unspecified atom stereocenters. The molecule has 7 nitrogen and oxygen atoms in total. The number of imide groups is 1. The Kier molecular flexibility index (Phi) is 7.42. The van der Waals surface area contributed by atoms with E-state index in [1.807, 2.05) is 48.5 Å². The van der Waals surface area contributed by atoms with Gasteiger partial charge in [0.1, 0.15) is 24.7 Å². The fourth-order valence-corrected chi connectivity index (χ4v) is 4.93. The Labute approximate surface area is 224 Å². The Hall–Kier alpha value is -4.56. The lowest BCUT2D eigenvalue weighted by Crippen LogP contribution is -2.36. The quantitative estimate of drug-likeness (QED) is 0.280. The number of carbonyl (C=O) groups is 3. The van der Waals surface area contributed by atoms with Crippen molar-refractivity contribution in [3.8, 4) is 11.5 Å². The molecule has 0 radical (unpaired) electrons. The number of thioether (sulfide) groups is 1. The molecule has 1 fully saturated rings. The zero-order valence-electron chi connectivity index (χ0n) is 20.5. The highest BCUT2D eigenvalue weighted by Crippen LogP contribution is 2.34. The molecule has 0 atom stereocenters. The lowest BCUT2D eigenvalue weighted by atomic mass is 10.1. The summed E-state index contributed by atoms with van der Waals surface area (Å²) < 4.78 is 11.2. The van der Waals surface area contributed by atoms with Crippen LogP contribution in [0.15, 0.2) is 95.9 Å². The van der Waals surface area contributed by atoms with Gasteiger partial charge in [-0.05, 0) is 64.5 Å². The van der Waals surface area contributed by atoms with Gasteiger partial charge in [-0.3, -0.25) is 19.3 Å². The van der Waals surface area contributed by atoms with Gasteiger partial charge in [-0.25, -0.2) is 0 Å². The number of anilines is 1. The highest BCUT2D eigenvalue weighted by molar-refractivity contribution is 8.18. The summed E-state index contributed by atoms with van der Waals surface area (Å²) in [5, 5.41) is 4.43. The zero-order valence-corrected chi connectivity index (χ0v) is 21.4. The molecule has 38 heavy (non-hydrogen) atoms. The summed E-state index contributed by atoms with van der Waals surface area (Å²) in [6.07, 6.45) is 1.63. The van der Waals surface area contributed by atoms with Crippen molar-refractivity contribution in [2.45, 2.75) is 6.61 Å². The molecule has 0 spiro atoms. The number of carbonyl (C=O) groups excluding carboxylic acids is 3. The van der Waals surface area contributed by atoms with Gasteiger partial charge in [-0.2, -0.15) is 0 Å². The van der Waals surface area contributed by atoms with Gasteiger partial charge in [0.25, 0.3) is 11.1 Å². The van der Waals surface area contributed by atoms with Gasteiger partial charge in [0.15, 0.2) is 0 Å². The molecule has 1 aliphatic rings. The number of hydrogen-bond acceptors (Lipinski definition) is 6. The Morgan fingerprint density at radius 3 is 2.47 bits per heavy atom. The van der Waals surface area contributed by atoms with E-state index in [9.17, 15) is 14.4 Å². The molecule has 4 aromatic rings. The summed E-state index contributed by atoms with van der Waals surface area (Å²) in [4.78, 5) is 39.3. The normalized spacial score (nSPS) is 14.2. The molecule has 190 valence electrons. The van der Waals surface area contributed by atoms with Gasteiger partial charge in [-0.1, -0.05) is 60.7 Å². The van der Waals surface area contributed by atoms with E-state index >= 15 is 0 Å². The number of nitrogens with one attached hydrogen (secondary N) is 1. The summed E-state index contributed by atoms with van der Waals surface area (Å²) in [7, 11) is 1.55. The third kappa shape index (κ3) is 5.55. The predicted molar refractivity (Wildman–Crippen MR) is 149 cm³/mol. The highest BCUT2D eigenvalue weighted by atomic mass is 32.2. The van der Waals surface area contributed by atoms with Gasteiger partial charge >= 0.3 is 0 Å². The van der Waals surface area contributed by atoms with Crippen molar-refractivity contribution in [2.24, 2.45) is 0 Å². The molecule has 1 aliphatic heterocycles. The standard InChI is InChI=1S/C30H24N2O5S/c1-36-24-15-13-23(14-16-24)31-28(33)18-32-29(34)27(38-30(32)35)17-21-8-3-5-12-26(21)37-19-22-10-6-9-20-7-2-4-11-25(20)22/h2-17H,18-19H2,1H3,(H,31,33)/b27-17-. The third-order valence-electron chi connectivity index (χ3n) is 6.02. The molecule has 1 saturated heterocycles. The lowest BCUT2D eigenvalue weighted by molar-refractivity contribution is -0.127. The second kappa shape index (κ2) is 11.2. The first kappa shape index (κ1) is 25.1. The average Bonchev–Trinajstić information content (AvgIpc) is 3.20. The van der Waals surface area contributed by atoms with E-state index in [2.05, 4.69) is 23.5 Å². The number of nitrogens with zero attached hydrogens (tertiary/aromatic N) is 1. The first-order valence-electron chi connectivity index (χ1n) is 11.9. The number of hydrogen-bond donors (Lipinski definition) is 1. The minimum Gasteiger partial charge on any atom is -0.497 e. The maximum atomic E-state index is 13.0. The second-order valence-electron chi connectivity index (χ2n) is 8.51. The maximum absolute atomic E-state index is 13.0. The van der Waals surface area contributed by atoms with E-state index in [0.717, 1.165) is 33.0 Å². The monoisotopic (exact) mass is 524 g/mol. The minimum atomic E-state index is -0.520. The average molecular weight is 525 g/mol. The van der Waals surface area contributed by atoms with Crippen LogP contribution in [-0.2, 0) is 16.2 Å². The van der Waals surface area contributed by atoms with Crippen molar-refractivity contribution in [3.05, 3.63) is 107 Å². The van der Waals surface area contributed by atoms with Gasteiger partial charge in [-0.15, -0.1) is 0 Å². The van der Waals surface area contributed by atoms with Crippen LogP contribution in [0.1, 0.15) is 11.1 Å². The number of benzene rings is 4. The summed E-state index contributed by atoms with van der Waals surface area (Å²) in [5.41, 5.74) is 2.25. The van der Waals surface area contributed by atoms with Crippen molar-refractivity contribution in [3.63, 3.8) is 0 Å². The number of rotatable bonds is 8. The van der Waals surface area contributed by atoms with Gasteiger partial charge in [0.05, 0.1) is 12.0 Å². The van der Waals surface area contributed by atoms with Crippen molar-refractivity contribution in [1.29, 1.82) is 0 Å². The smallest absolute Gasteiger partial charge is 0.294 e. The molecule has 3 amide bonds. The number of para-hydroxylation sites is 1. The Morgan fingerprint density at radius 2 is 1.66 bits per heavy atom. The van der Waals surface area contributed by atoms with Crippen LogP contribution in [0.4, 0.5) is 10.5 Å². The Balaban J connectivity index is 1.28. The predicted octanol–water partition coefficient (Wildman–Crippen LogP) is 6.10. The van der Waals surface area contributed by atoms with Crippen LogP contribution in [-0.4, -0.2) is 35.6 Å². The SMILES string of the molecule is COc1ccc(NC(=O)CN2C(=O)S/C(=C\c3ccccc3OCc3cccc4ccccc34)C2=O)cc1. The van der Waals surface area contributed by atoms with Gasteiger partial charge in [0.2, 0.25) is 5.91 Å². The summed E-state index contributed by atoms with van der Waals surface area (Å²) in [6.45, 7) is -0.0352. The number of fused-ring (bicyclic) bond motifs is 1. The van der Waals surface area contributed by atoms with E-state index in [1.165, 1.54) is 0 Å². The van der Waals surface area contributed by atoms with Crippen LogP contribution in [0.5, 0.6) is 11.5 Å². The van der Waals surface area contributed by atoms with Gasteiger partial charge in [0, 0.05) is 11.3 Å². The molecule has 1 N–H and O–H groups in total. The van der Waals surface area contributed by atoms with Crippen LogP contribution < -0.4 is 14.8 Å². The van der Waals surface area contributed by atoms with E-state index < -0.39 is 17.1 Å². The molecule has 1 heterocycles. The third-order valence-corrected chi connectivity index (χ3v) is 6.93. The van der Waals surface area contributed by atoms with E-state index in [1.54, 1.807) is 37.5 Å². The van der Waals surface area contributed by atoms with Crippen LogP contribution in [0.25, 0.3) is 16.8 Å². The van der Waals surface area contributed by atoms with E-state index in [0.29, 0.717) is 29.4 Å². The van der Waals surface area contributed by atoms with Crippen molar-refractivity contribution in [1.82, 2.24) is 4.90 Å². The Bertz CT molecular complexity index is 1540. The summed E-state index contributed by atoms with van der Waals surface area (Å²) in [6, 6.07) is 28.3. The summed E-state index contributed by atoms with van der Waals surface area (Å²) in [5.74, 6) is 0.246. The second-order valence-corrected chi connectivity index (χ2v) is 9.50. The van der Waals surface area contributed by atoms with Crippen molar-refractivity contribution >= 4 is 51.4 Å². The van der Waals surface area contributed by atoms with E-state index in [-0.39, 0.29) is 11.4 Å². The van der Waals surface area contributed by atoms with Gasteiger partial charge < -0.3 is 14.8 Å². The van der Waals surface area contributed by atoms with Crippen LogP contribution in [0.2, 0.25) is 0 Å². The largest absolute Gasteiger partial charge is 0.497 e. The van der Waals surface area contributed by atoms with Crippen LogP contribution in [0.3, 0.4) is 0 Å². The number of amides is 3. The molecule has 0 bridgehead atoms. The molecular formula is C30H24N2O5S. The van der Waals surface area contributed by atoms with Crippen LogP contribution >= 0.6 is 11.8 Å². The first-order chi connectivity index (χ1) is 18.5. The molecule has 0 saturated carbocycles. The van der Waals surface area contributed by atoms with Crippen molar-refractivity contribution < 1.29 is 23.9 Å². The van der Waals surface area contributed by atoms with Crippen molar-refractivity contribution in [2.75, 3.05) is 19.0 Å². The number of methoxy groups -OCH3 is 1. The summed E-state index contributed by atoms with van der Waals surface area (Å²) >= 11 is 0.801. The molecule has 4 aromatic carbocycles.